The van der Waals surface area contributed by atoms with E-state index in [1.54, 1.807) is 6.07 Å². The standard InChI is InChI=1S/C22H24N2O2/c1-5-24(6-2)17-10-8-16(9-11-17)21(25)19-13-14(3)18-12-7-15(4)23-20(18)22(19)26/h7-13,26H,5-6H2,1-4H3. The van der Waals surface area contributed by atoms with E-state index in [1.807, 2.05) is 50.2 Å². The summed E-state index contributed by atoms with van der Waals surface area (Å²) in [5, 5.41) is 11.5. The number of aromatic nitrogens is 1. The maximum atomic E-state index is 13.0. The summed E-state index contributed by atoms with van der Waals surface area (Å²) in [6, 6.07) is 13.1. The van der Waals surface area contributed by atoms with E-state index < -0.39 is 0 Å². The Hall–Kier alpha value is -2.88. The van der Waals surface area contributed by atoms with Gasteiger partial charge in [0.2, 0.25) is 0 Å². The van der Waals surface area contributed by atoms with Crippen LogP contribution < -0.4 is 4.90 Å². The van der Waals surface area contributed by atoms with E-state index in [9.17, 15) is 9.90 Å². The highest BCUT2D eigenvalue weighted by Crippen LogP contribution is 2.32. The van der Waals surface area contributed by atoms with Gasteiger partial charge in [-0.1, -0.05) is 6.07 Å². The maximum absolute atomic E-state index is 13.0. The van der Waals surface area contributed by atoms with Crippen molar-refractivity contribution < 1.29 is 9.90 Å². The number of hydrogen-bond donors (Lipinski definition) is 1. The second-order valence-electron chi connectivity index (χ2n) is 6.49. The maximum Gasteiger partial charge on any atom is 0.196 e. The molecule has 2 aromatic carbocycles. The molecule has 0 bridgehead atoms. The van der Waals surface area contributed by atoms with E-state index in [1.165, 1.54) is 0 Å². The second-order valence-corrected chi connectivity index (χ2v) is 6.49. The van der Waals surface area contributed by atoms with Crippen LogP contribution in [-0.4, -0.2) is 29.0 Å². The van der Waals surface area contributed by atoms with Crippen LogP contribution in [0.15, 0.2) is 42.5 Å². The summed E-state index contributed by atoms with van der Waals surface area (Å²) in [6.07, 6.45) is 0. The summed E-state index contributed by atoms with van der Waals surface area (Å²) in [4.78, 5) is 19.6. The molecule has 0 saturated carbocycles. The fraction of sp³-hybridized carbons (Fsp3) is 0.273. The summed E-state index contributed by atoms with van der Waals surface area (Å²) >= 11 is 0. The molecule has 1 aromatic heterocycles. The molecule has 3 aromatic rings. The number of anilines is 1. The van der Waals surface area contributed by atoms with Gasteiger partial charge in [0, 0.05) is 35.4 Å². The van der Waals surface area contributed by atoms with Gasteiger partial charge in [0.1, 0.15) is 5.52 Å². The van der Waals surface area contributed by atoms with Crippen molar-refractivity contribution in [2.75, 3.05) is 18.0 Å². The largest absolute Gasteiger partial charge is 0.505 e. The summed E-state index contributed by atoms with van der Waals surface area (Å²) < 4.78 is 0. The van der Waals surface area contributed by atoms with Gasteiger partial charge in [-0.3, -0.25) is 4.79 Å². The zero-order chi connectivity index (χ0) is 18.8. The molecule has 0 saturated heterocycles. The van der Waals surface area contributed by atoms with E-state index in [2.05, 4.69) is 23.7 Å². The van der Waals surface area contributed by atoms with E-state index in [4.69, 9.17) is 0 Å². The third-order valence-corrected chi connectivity index (χ3v) is 4.80. The molecule has 0 aliphatic carbocycles. The Morgan fingerprint density at radius 2 is 1.69 bits per heavy atom. The van der Waals surface area contributed by atoms with Crippen LogP contribution in [0.3, 0.4) is 0 Å². The number of carbonyl (C=O) groups excluding carboxylic acids is 1. The molecule has 0 atom stereocenters. The highest BCUT2D eigenvalue weighted by atomic mass is 16.3. The summed E-state index contributed by atoms with van der Waals surface area (Å²) in [6.45, 7) is 9.84. The molecule has 3 rings (SSSR count). The number of ketones is 1. The fourth-order valence-electron chi connectivity index (χ4n) is 3.29. The molecule has 4 nitrogen and oxygen atoms in total. The lowest BCUT2D eigenvalue weighted by Crippen LogP contribution is -2.21. The molecule has 0 unspecified atom stereocenters. The number of carbonyl (C=O) groups is 1. The Morgan fingerprint density at radius 1 is 1.04 bits per heavy atom. The first-order valence-corrected chi connectivity index (χ1v) is 8.95. The third-order valence-electron chi connectivity index (χ3n) is 4.80. The van der Waals surface area contributed by atoms with Crippen molar-refractivity contribution in [1.29, 1.82) is 0 Å². The van der Waals surface area contributed by atoms with E-state index >= 15 is 0 Å². The lowest BCUT2D eigenvalue weighted by molar-refractivity contribution is 0.103. The molecular formula is C22H24N2O2. The Kier molecular flexibility index (Phi) is 4.94. The first-order chi connectivity index (χ1) is 12.5. The molecule has 0 aliphatic rings. The lowest BCUT2D eigenvalue weighted by Gasteiger charge is -2.21. The van der Waals surface area contributed by atoms with Gasteiger partial charge in [-0.15, -0.1) is 0 Å². The Labute approximate surface area is 154 Å². The Morgan fingerprint density at radius 3 is 2.31 bits per heavy atom. The quantitative estimate of drug-likeness (QED) is 0.683. The van der Waals surface area contributed by atoms with Gasteiger partial charge in [-0.2, -0.15) is 0 Å². The highest BCUT2D eigenvalue weighted by Gasteiger charge is 2.18. The lowest BCUT2D eigenvalue weighted by atomic mass is 9.97. The molecule has 134 valence electrons. The molecule has 1 heterocycles. The molecule has 4 heteroatoms. The van der Waals surface area contributed by atoms with Gasteiger partial charge >= 0.3 is 0 Å². The van der Waals surface area contributed by atoms with Crippen molar-refractivity contribution in [2.24, 2.45) is 0 Å². The molecule has 1 N–H and O–H groups in total. The summed E-state index contributed by atoms with van der Waals surface area (Å²) in [5.74, 6) is -0.242. The number of aryl methyl sites for hydroxylation is 2. The summed E-state index contributed by atoms with van der Waals surface area (Å²) in [5.41, 5.74) is 4.15. The van der Waals surface area contributed by atoms with Crippen molar-refractivity contribution >= 4 is 22.4 Å². The van der Waals surface area contributed by atoms with Crippen LogP contribution in [0.2, 0.25) is 0 Å². The van der Waals surface area contributed by atoms with Crippen LogP contribution in [0.5, 0.6) is 5.75 Å². The number of rotatable bonds is 5. The van der Waals surface area contributed by atoms with E-state index in [0.29, 0.717) is 16.6 Å². The molecule has 0 fully saturated rings. The minimum absolute atomic E-state index is 0.0490. The minimum atomic E-state index is -0.193. The first-order valence-electron chi connectivity index (χ1n) is 8.95. The average molecular weight is 348 g/mol. The normalized spacial score (nSPS) is 10.9. The molecule has 0 aliphatic heterocycles. The number of phenols is 1. The van der Waals surface area contributed by atoms with Crippen molar-refractivity contribution in [3.8, 4) is 5.75 Å². The van der Waals surface area contributed by atoms with Crippen LogP contribution in [0.4, 0.5) is 5.69 Å². The number of fused-ring (bicyclic) bond motifs is 1. The third kappa shape index (κ3) is 3.15. The number of benzene rings is 2. The Balaban J connectivity index is 2.04. The van der Waals surface area contributed by atoms with Gasteiger partial charge in [-0.05, 0) is 69.7 Å². The number of hydrogen-bond acceptors (Lipinski definition) is 4. The molecule has 26 heavy (non-hydrogen) atoms. The fourth-order valence-corrected chi connectivity index (χ4v) is 3.29. The van der Waals surface area contributed by atoms with Crippen molar-refractivity contribution in [1.82, 2.24) is 4.98 Å². The first kappa shape index (κ1) is 17.9. The van der Waals surface area contributed by atoms with Crippen molar-refractivity contribution in [3.05, 3.63) is 64.8 Å². The average Bonchev–Trinajstić information content (AvgIpc) is 2.65. The number of aromatic hydroxyl groups is 1. The Bertz CT molecular complexity index is 958. The second kappa shape index (κ2) is 7.16. The van der Waals surface area contributed by atoms with Crippen LogP contribution in [0.25, 0.3) is 10.9 Å². The highest BCUT2D eigenvalue weighted by molar-refractivity contribution is 6.13. The SMILES string of the molecule is CCN(CC)c1ccc(C(=O)c2cc(C)c3ccc(C)nc3c2O)cc1. The molecular weight excluding hydrogens is 324 g/mol. The monoisotopic (exact) mass is 348 g/mol. The molecule has 0 radical (unpaired) electrons. The predicted molar refractivity (Wildman–Crippen MR) is 106 cm³/mol. The predicted octanol–water partition coefficient (Wildman–Crippen LogP) is 4.63. The van der Waals surface area contributed by atoms with Gasteiger partial charge in [0.25, 0.3) is 0 Å². The number of nitrogens with zero attached hydrogens (tertiary/aromatic N) is 2. The van der Waals surface area contributed by atoms with Gasteiger partial charge in [0.15, 0.2) is 11.5 Å². The zero-order valence-corrected chi connectivity index (χ0v) is 15.7. The van der Waals surface area contributed by atoms with Crippen LogP contribution >= 0.6 is 0 Å². The van der Waals surface area contributed by atoms with E-state index in [-0.39, 0.29) is 11.5 Å². The van der Waals surface area contributed by atoms with Gasteiger partial charge in [0.05, 0.1) is 5.56 Å². The van der Waals surface area contributed by atoms with Crippen molar-refractivity contribution in [2.45, 2.75) is 27.7 Å². The molecule has 0 amide bonds. The smallest absolute Gasteiger partial charge is 0.196 e. The number of pyridine rings is 1. The minimum Gasteiger partial charge on any atom is -0.505 e. The van der Waals surface area contributed by atoms with Crippen LogP contribution in [-0.2, 0) is 0 Å². The van der Waals surface area contributed by atoms with E-state index in [0.717, 1.165) is 35.4 Å². The molecule has 0 spiro atoms. The van der Waals surface area contributed by atoms with Gasteiger partial charge in [-0.25, -0.2) is 4.98 Å². The number of phenolic OH excluding ortho intramolecular Hbond substituents is 1. The zero-order valence-electron chi connectivity index (χ0n) is 15.7. The van der Waals surface area contributed by atoms with Gasteiger partial charge < -0.3 is 10.0 Å². The van der Waals surface area contributed by atoms with Crippen molar-refractivity contribution in [3.63, 3.8) is 0 Å². The summed E-state index contributed by atoms with van der Waals surface area (Å²) in [7, 11) is 0. The van der Waals surface area contributed by atoms with Crippen LogP contribution in [0, 0.1) is 13.8 Å². The topological polar surface area (TPSA) is 53.4 Å². The van der Waals surface area contributed by atoms with Crippen LogP contribution in [0.1, 0.15) is 41.0 Å².